The van der Waals surface area contributed by atoms with Gasteiger partial charge in [-0.25, -0.2) is 0 Å². The second-order valence-corrected chi connectivity index (χ2v) is 10.3. The molecule has 0 bridgehead atoms. The van der Waals surface area contributed by atoms with E-state index in [0.717, 1.165) is 18.8 Å². The highest BCUT2D eigenvalue weighted by Gasteiger charge is 2.31. The van der Waals surface area contributed by atoms with Gasteiger partial charge in [0.15, 0.2) is 0 Å². The highest BCUT2D eigenvalue weighted by Crippen LogP contribution is 2.44. The molecular formula is C31H46O. The molecule has 1 aliphatic rings. The summed E-state index contributed by atoms with van der Waals surface area (Å²) in [5.74, 6) is 1.02. The zero-order valence-electron chi connectivity index (χ0n) is 21.3. The van der Waals surface area contributed by atoms with Gasteiger partial charge >= 0.3 is 0 Å². The van der Waals surface area contributed by atoms with E-state index in [1.54, 1.807) is 5.56 Å². The summed E-state index contributed by atoms with van der Waals surface area (Å²) in [6.45, 7) is 9.80. The van der Waals surface area contributed by atoms with Crippen molar-refractivity contribution >= 4 is 0 Å². The number of unbranched alkanes of at least 4 members (excludes halogenated alkanes) is 3. The molecule has 0 aliphatic heterocycles. The van der Waals surface area contributed by atoms with Crippen LogP contribution in [-0.4, -0.2) is 6.61 Å². The van der Waals surface area contributed by atoms with E-state index in [1.807, 2.05) is 0 Å². The van der Waals surface area contributed by atoms with Gasteiger partial charge in [0.05, 0.1) is 6.61 Å². The topological polar surface area (TPSA) is 9.23 Å². The van der Waals surface area contributed by atoms with Crippen LogP contribution in [0.4, 0.5) is 0 Å². The van der Waals surface area contributed by atoms with Gasteiger partial charge in [-0.2, -0.15) is 0 Å². The third-order valence-corrected chi connectivity index (χ3v) is 7.76. The summed E-state index contributed by atoms with van der Waals surface area (Å²) in [6, 6.07) is 13.8. The molecule has 32 heavy (non-hydrogen) atoms. The zero-order valence-corrected chi connectivity index (χ0v) is 21.3. The lowest BCUT2D eigenvalue weighted by atomic mass is 9.67. The monoisotopic (exact) mass is 434 g/mol. The van der Waals surface area contributed by atoms with Crippen LogP contribution in [0.3, 0.4) is 0 Å². The molecule has 3 rings (SSSR count). The smallest absolute Gasteiger partial charge is 0.122 e. The number of rotatable bonds is 12. The lowest BCUT2D eigenvalue weighted by Crippen LogP contribution is -2.25. The molecule has 1 saturated carbocycles. The van der Waals surface area contributed by atoms with E-state index in [1.165, 1.54) is 99.3 Å². The molecule has 0 N–H and O–H groups in total. The van der Waals surface area contributed by atoms with Gasteiger partial charge in [0.2, 0.25) is 0 Å². The summed E-state index contributed by atoms with van der Waals surface area (Å²) in [7, 11) is 0. The minimum absolute atomic E-state index is 0.614. The summed E-state index contributed by atoms with van der Waals surface area (Å²) in [5.41, 5.74) is 7.46. The molecule has 0 spiro atoms. The fraction of sp³-hybridized carbons (Fsp3) is 0.613. The Kier molecular flexibility index (Phi) is 9.69. The van der Waals surface area contributed by atoms with Crippen LogP contribution in [0.15, 0.2) is 36.4 Å². The molecule has 0 unspecified atom stereocenters. The maximum atomic E-state index is 5.94. The molecule has 1 nitrogen and oxygen atoms in total. The van der Waals surface area contributed by atoms with E-state index in [4.69, 9.17) is 4.74 Å². The van der Waals surface area contributed by atoms with E-state index in [0.29, 0.717) is 5.41 Å². The Labute approximate surface area is 198 Å². The van der Waals surface area contributed by atoms with E-state index in [2.05, 4.69) is 64.1 Å². The first-order chi connectivity index (χ1) is 15.6. The summed E-state index contributed by atoms with van der Waals surface area (Å²) in [4.78, 5) is 0. The molecular weight excluding hydrogens is 388 g/mol. The van der Waals surface area contributed by atoms with E-state index < -0.39 is 0 Å². The van der Waals surface area contributed by atoms with Gasteiger partial charge in [0.1, 0.15) is 5.75 Å². The van der Waals surface area contributed by atoms with E-state index >= 15 is 0 Å². The van der Waals surface area contributed by atoms with Crippen LogP contribution < -0.4 is 4.74 Å². The van der Waals surface area contributed by atoms with E-state index in [9.17, 15) is 0 Å². The maximum absolute atomic E-state index is 5.94. The van der Waals surface area contributed by atoms with E-state index in [-0.39, 0.29) is 0 Å². The molecule has 1 fully saturated rings. The van der Waals surface area contributed by atoms with Crippen molar-refractivity contribution in [2.45, 2.75) is 111 Å². The van der Waals surface area contributed by atoms with Gasteiger partial charge in [0.25, 0.3) is 0 Å². The van der Waals surface area contributed by atoms with Gasteiger partial charge in [-0.1, -0.05) is 83.1 Å². The van der Waals surface area contributed by atoms with Crippen molar-refractivity contribution < 1.29 is 4.74 Å². The van der Waals surface area contributed by atoms with Crippen molar-refractivity contribution in [1.29, 1.82) is 0 Å². The first kappa shape index (κ1) is 24.9. The Morgan fingerprint density at radius 1 is 0.750 bits per heavy atom. The van der Waals surface area contributed by atoms with Crippen molar-refractivity contribution in [3.63, 3.8) is 0 Å². The maximum Gasteiger partial charge on any atom is 0.122 e. The molecule has 0 saturated heterocycles. The second-order valence-electron chi connectivity index (χ2n) is 10.3. The second kappa shape index (κ2) is 12.5. The van der Waals surface area contributed by atoms with Crippen molar-refractivity contribution in [1.82, 2.24) is 0 Å². The molecule has 0 heterocycles. The highest BCUT2D eigenvalue weighted by molar-refractivity contribution is 5.67. The summed E-state index contributed by atoms with van der Waals surface area (Å²) < 4.78 is 5.94. The standard InChI is InChI=1S/C31H46O/c1-5-7-10-18-31(19-11-9-12-20-31)21-17-27-13-14-28(23-25(27)3)29-15-16-30(26(4)24-29)32-22-8-6-2/h13-16,23-24H,5-12,17-22H2,1-4H3. The normalized spacial score (nSPS) is 15.6. The number of aryl methyl sites for hydroxylation is 3. The van der Waals surface area contributed by atoms with Crippen molar-refractivity contribution in [3.05, 3.63) is 53.1 Å². The third-order valence-electron chi connectivity index (χ3n) is 7.76. The van der Waals surface area contributed by atoms with Crippen LogP contribution >= 0.6 is 0 Å². The SMILES string of the molecule is CCCCCC1(CCc2ccc(-c3ccc(OCCCC)c(C)c3)cc2C)CCCCC1. The third kappa shape index (κ3) is 6.87. The predicted molar refractivity (Wildman–Crippen MR) is 140 cm³/mol. The van der Waals surface area contributed by atoms with Crippen LogP contribution in [0.5, 0.6) is 5.75 Å². The van der Waals surface area contributed by atoms with Gasteiger partial charge in [-0.15, -0.1) is 0 Å². The minimum atomic E-state index is 0.614. The lowest BCUT2D eigenvalue weighted by molar-refractivity contribution is 0.152. The minimum Gasteiger partial charge on any atom is -0.493 e. The summed E-state index contributed by atoms with van der Waals surface area (Å²) >= 11 is 0. The Hall–Kier alpha value is -1.76. The Morgan fingerprint density at radius 2 is 1.44 bits per heavy atom. The molecule has 2 aromatic rings. The average molecular weight is 435 g/mol. The molecule has 176 valence electrons. The Balaban J connectivity index is 1.66. The highest BCUT2D eigenvalue weighted by atomic mass is 16.5. The van der Waals surface area contributed by atoms with Crippen LogP contribution in [0, 0.1) is 19.3 Å². The molecule has 1 heteroatoms. The quantitative estimate of drug-likeness (QED) is 0.302. The van der Waals surface area contributed by atoms with Crippen LogP contribution in [0.2, 0.25) is 0 Å². The largest absolute Gasteiger partial charge is 0.493 e. The first-order valence-electron chi connectivity index (χ1n) is 13.4. The van der Waals surface area contributed by atoms with Crippen LogP contribution in [0.1, 0.15) is 108 Å². The Morgan fingerprint density at radius 3 is 2.09 bits per heavy atom. The molecule has 0 amide bonds. The van der Waals surface area contributed by atoms with Crippen LogP contribution in [-0.2, 0) is 6.42 Å². The van der Waals surface area contributed by atoms with Gasteiger partial charge in [-0.05, 0) is 97.7 Å². The van der Waals surface area contributed by atoms with Gasteiger partial charge in [0, 0.05) is 0 Å². The number of benzene rings is 2. The fourth-order valence-corrected chi connectivity index (χ4v) is 5.55. The van der Waals surface area contributed by atoms with Gasteiger partial charge < -0.3 is 4.74 Å². The molecule has 2 aromatic carbocycles. The first-order valence-corrected chi connectivity index (χ1v) is 13.4. The molecule has 0 aromatic heterocycles. The van der Waals surface area contributed by atoms with Crippen molar-refractivity contribution in [2.75, 3.05) is 6.61 Å². The fourth-order valence-electron chi connectivity index (χ4n) is 5.55. The predicted octanol–water partition coefficient (Wildman–Crippen LogP) is 9.61. The Bertz CT molecular complexity index is 828. The number of ether oxygens (including phenoxy) is 1. The van der Waals surface area contributed by atoms with Gasteiger partial charge in [-0.3, -0.25) is 0 Å². The molecule has 0 radical (unpaired) electrons. The molecule has 1 aliphatic carbocycles. The zero-order chi connectivity index (χ0) is 22.8. The summed E-state index contributed by atoms with van der Waals surface area (Å²) in [5, 5.41) is 0. The van der Waals surface area contributed by atoms with Crippen molar-refractivity contribution in [3.8, 4) is 16.9 Å². The summed E-state index contributed by atoms with van der Waals surface area (Å²) in [6.07, 6.45) is 17.8. The average Bonchev–Trinajstić information content (AvgIpc) is 2.80. The van der Waals surface area contributed by atoms with Crippen molar-refractivity contribution in [2.24, 2.45) is 5.41 Å². The van der Waals surface area contributed by atoms with Crippen LogP contribution in [0.25, 0.3) is 11.1 Å². The lowest BCUT2D eigenvalue weighted by Gasteiger charge is -2.38. The molecule has 0 atom stereocenters. The number of hydrogen-bond donors (Lipinski definition) is 0. The number of hydrogen-bond acceptors (Lipinski definition) is 1.